The number of rotatable bonds is 8. The van der Waals surface area contributed by atoms with Crippen LogP contribution in [-0.4, -0.2) is 70.1 Å². The summed E-state index contributed by atoms with van der Waals surface area (Å²) in [5.41, 5.74) is 1.03. The third kappa shape index (κ3) is 6.25. The SMILES string of the molecule is CC(C)C[C@@H](NC(=O)CN(C)C)c1nnc2n1CCN(C(=O)Cc1ccc3ccccc3c1)CC2. The van der Waals surface area contributed by atoms with Gasteiger partial charge in [0.25, 0.3) is 0 Å². The summed E-state index contributed by atoms with van der Waals surface area (Å²) >= 11 is 0. The number of hydrogen-bond donors (Lipinski definition) is 1. The molecule has 3 aromatic rings. The monoisotopic (exact) mass is 476 g/mol. The first kappa shape index (κ1) is 24.9. The van der Waals surface area contributed by atoms with Crippen molar-refractivity contribution in [1.29, 1.82) is 0 Å². The minimum atomic E-state index is -0.205. The Bertz CT molecular complexity index is 1190. The predicted octanol–water partition coefficient (Wildman–Crippen LogP) is 2.82. The van der Waals surface area contributed by atoms with Crippen LogP contribution in [0.1, 0.15) is 43.5 Å². The Kier molecular flexibility index (Phi) is 7.80. The summed E-state index contributed by atoms with van der Waals surface area (Å²) in [7, 11) is 3.76. The van der Waals surface area contributed by atoms with Gasteiger partial charge in [-0.15, -0.1) is 10.2 Å². The van der Waals surface area contributed by atoms with Crippen LogP contribution < -0.4 is 5.32 Å². The lowest BCUT2D eigenvalue weighted by atomic mass is 10.0. The minimum Gasteiger partial charge on any atom is -0.345 e. The third-order valence-electron chi connectivity index (χ3n) is 6.39. The number of amides is 2. The molecule has 0 saturated carbocycles. The lowest BCUT2D eigenvalue weighted by Gasteiger charge is -2.23. The molecule has 8 heteroatoms. The van der Waals surface area contributed by atoms with E-state index in [4.69, 9.17) is 0 Å². The van der Waals surface area contributed by atoms with Crippen molar-refractivity contribution in [3.05, 3.63) is 59.7 Å². The minimum absolute atomic E-state index is 0.0289. The van der Waals surface area contributed by atoms with E-state index >= 15 is 0 Å². The number of likely N-dealkylation sites (N-methyl/N-ethyl adjacent to an activating group) is 1. The first-order valence-corrected chi connectivity index (χ1v) is 12.4. The van der Waals surface area contributed by atoms with E-state index in [9.17, 15) is 9.59 Å². The van der Waals surface area contributed by atoms with Gasteiger partial charge in [0.2, 0.25) is 11.8 Å². The van der Waals surface area contributed by atoms with Crippen LogP contribution in [0.5, 0.6) is 0 Å². The zero-order valence-electron chi connectivity index (χ0n) is 21.2. The van der Waals surface area contributed by atoms with Crippen molar-refractivity contribution in [3.63, 3.8) is 0 Å². The van der Waals surface area contributed by atoms with Gasteiger partial charge in [0.1, 0.15) is 5.82 Å². The van der Waals surface area contributed by atoms with Gasteiger partial charge in [-0.2, -0.15) is 0 Å². The predicted molar refractivity (Wildman–Crippen MR) is 137 cm³/mol. The zero-order valence-corrected chi connectivity index (χ0v) is 21.2. The van der Waals surface area contributed by atoms with Crippen LogP contribution in [0.4, 0.5) is 0 Å². The molecule has 8 nitrogen and oxygen atoms in total. The van der Waals surface area contributed by atoms with Gasteiger partial charge in [-0.05, 0) is 42.8 Å². The van der Waals surface area contributed by atoms with E-state index in [1.807, 2.05) is 42.1 Å². The second-order valence-electron chi connectivity index (χ2n) is 10.1. The zero-order chi connectivity index (χ0) is 24.9. The molecule has 2 heterocycles. The molecule has 2 amide bonds. The number of hydrogen-bond acceptors (Lipinski definition) is 5. The summed E-state index contributed by atoms with van der Waals surface area (Å²) in [6.07, 6.45) is 1.81. The van der Waals surface area contributed by atoms with E-state index in [0.29, 0.717) is 44.9 Å². The molecule has 0 bridgehead atoms. The molecule has 35 heavy (non-hydrogen) atoms. The molecule has 4 rings (SSSR count). The van der Waals surface area contributed by atoms with Gasteiger partial charge in [0.05, 0.1) is 19.0 Å². The average Bonchev–Trinajstić information content (AvgIpc) is 3.08. The van der Waals surface area contributed by atoms with E-state index in [2.05, 4.69) is 58.2 Å². The molecule has 0 saturated heterocycles. The molecule has 0 radical (unpaired) electrons. The highest BCUT2D eigenvalue weighted by Gasteiger charge is 2.27. The molecule has 1 aromatic heterocycles. The van der Waals surface area contributed by atoms with Crippen LogP contribution >= 0.6 is 0 Å². The molecule has 2 aromatic carbocycles. The van der Waals surface area contributed by atoms with Crippen molar-refractivity contribution in [1.82, 2.24) is 29.9 Å². The van der Waals surface area contributed by atoms with Crippen molar-refractivity contribution >= 4 is 22.6 Å². The van der Waals surface area contributed by atoms with E-state index in [0.717, 1.165) is 29.0 Å². The maximum absolute atomic E-state index is 13.2. The highest BCUT2D eigenvalue weighted by atomic mass is 16.2. The van der Waals surface area contributed by atoms with E-state index in [-0.39, 0.29) is 17.9 Å². The second kappa shape index (κ2) is 11.0. The summed E-state index contributed by atoms with van der Waals surface area (Å²) in [6, 6.07) is 14.2. The lowest BCUT2D eigenvalue weighted by molar-refractivity contribution is -0.130. The summed E-state index contributed by atoms with van der Waals surface area (Å²) in [5.74, 6) is 2.14. The van der Waals surface area contributed by atoms with E-state index in [1.165, 1.54) is 5.39 Å². The molecule has 1 N–H and O–H groups in total. The Labute approximate surface area is 207 Å². The highest BCUT2D eigenvalue weighted by Crippen LogP contribution is 2.23. The van der Waals surface area contributed by atoms with Crippen LogP contribution in [-0.2, 0) is 29.0 Å². The Morgan fingerprint density at radius 3 is 2.54 bits per heavy atom. The second-order valence-corrected chi connectivity index (χ2v) is 10.1. The molecule has 1 atom stereocenters. The largest absolute Gasteiger partial charge is 0.345 e. The lowest BCUT2D eigenvalue weighted by Crippen LogP contribution is -2.38. The Morgan fingerprint density at radius 1 is 1.03 bits per heavy atom. The van der Waals surface area contributed by atoms with Crippen molar-refractivity contribution < 1.29 is 9.59 Å². The van der Waals surface area contributed by atoms with Gasteiger partial charge in [-0.1, -0.05) is 56.3 Å². The van der Waals surface area contributed by atoms with Gasteiger partial charge in [-0.25, -0.2) is 0 Å². The molecular weight excluding hydrogens is 440 g/mol. The fraction of sp³-hybridized carbons (Fsp3) is 0.481. The maximum atomic E-state index is 13.2. The standard InChI is InChI=1S/C27H36N6O2/c1-19(2)15-23(28-25(34)18-31(3)4)27-30-29-24-11-12-32(13-14-33(24)27)26(35)17-20-9-10-21-7-5-6-8-22(21)16-20/h5-10,16,19,23H,11-15,17-18H2,1-4H3,(H,28,34)/t23-/m1/s1. The number of benzene rings is 2. The number of aromatic nitrogens is 3. The first-order chi connectivity index (χ1) is 16.8. The Hall–Kier alpha value is -3.26. The molecule has 1 aliphatic heterocycles. The van der Waals surface area contributed by atoms with Gasteiger partial charge in [0, 0.05) is 26.1 Å². The molecule has 0 unspecified atom stereocenters. The fourth-order valence-corrected chi connectivity index (χ4v) is 4.72. The molecule has 1 aliphatic rings. The highest BCUT2D eigenvalue weighted by molar-refractivity contribution is 5.85. The molecule has 0 spiro atoms. The first-order valence-electron chi connectivity index (χ1n) is 12.4. The number of carbonyl (C=O) groups is 2. The van der Waals surface area contributed by atoms with Crippen LogP contribution in [0.3, 0.4) is 0 Å². The Morgan fingerprint density at radius 2 is 1.80 bits per heavy atom. The third-order valence-corrected chi connectivity index (χ3v) is 6.39. The van der Waals surface area contributed by atoms with Gasteiger partial charge in [0.15, 0.2) is 5.82 Å². The van der Waals surface area contributed by atoms with Crippen molar-refractivity contribution in [2.75, 3.05) is 33.7 Å². The van der Waals surface area contributed by atoms with E-state index < -0.39 is 0 Å². The van der Waals surface area contributed by atoms with E-state index in [1.54, 1.807) is 0 Å². The van der Waals surface area contributed by atoms with Crippen molar-refractivity contribution in [3.8, 4) is 0 Å². The summed E-state index contributed by atoms with van der Waals surface area (Å²) in [6.45, 7) is 6.44. The van der Waals surface area contributed by atoms with Gasteiger partial charge < -0.3 is 19.7 Å². The van der Waals surface area contributed by atoms with Crippen LogP contribution in [0, 0.1) is 5.92 Å². The number of nitrogens with zero attached hydrogens (tertiary/aromatic N) is 5. The van der Waals surface area contributed by atoms with Gasteiger partial charge >= 0.3 is 0 Å². The summed E-state index contributed by atoms with van der Waals surface area (Å²) in [5, 5.41) is 14.4. The number of fused-ring (bicyclic) bond motifs is 2. The molecular formula is C27H36N6O2. The molecule has 186 valence electrons. The fourth-order valence-electron chi connectivity index (χ4n) is 4.72. The summed E-state index contributed by atoms with van der Waals surface area (Å²) < 4.78 is 2.10. The average molecular weight is 477 g/mol. The number of nitrogens with one attached hydrogen (secondary N) is 1. The molecule has 0 aliphatic carbocycles. The van der Waals surface area contributed by atoms with Crippen molar-refractivity contribution in [2.45, 2.75) is 45.7 Å². The van der Waals surface area contributed by atoms with Crippen LogP contribution in [0.25, 0.3) is 10.8 Å². The normalized spacial score (nSPS) is 14.7. The van der Waals surface area contributed by atoms with Gasteiger partial charge in [-0.3, -0.25) is 9.59 Å². The smallest absolute Gasteiger partial charge is 0.234 e. The van der Waals surface area contributed by atoms with Crippen molar-refractivity contribution in [2.24, 2.45) is 5.92 Å². The molecule has 0 fully saturated rings. The van der Waals surface area contributed by atoms with Crippen LogP contribution in [0.15, 0.2) is 42.5 Å². The Balaban J connectivity index is 1.45. The topological polar surface area (TPSA) is 83.4 Å². The summed E-state index contributed by atoms with van der Waals surface area (Å²) in [4.78, 5) is 29.4. The maximum Gasteiger partial charge on any atom is 0.234 e. The quantitative estimate of drug-likeness (QED) is 0.541. The van der Waals surface area contributed by atoms with Crippen LogP contribution in [0.2, 0.25) is 0 Å². The number of carbonyl (C=O) groups excluding carboxylic acids is 2.